The number of carbonyl (C=O) groups is 1. The third-order valence-corrected chi connectivity index (χ3v) is 5.88. The highest BCUT2D eigenvalue weighted by atomic mass is 79.9. The van der Waals surface area contributed by atoms with Gasteiger partial charge in [0.25, 0.3) is 0 Å². The number of aryl methyl sites for hydroxylation is 2. The predicted octanol–water partition coefficient (Wildman–Crippen LogP) is 4.25. The standard InChI is InChI=1S/C21H27BrN6O2/c1-21(2,3)30-20(29)28-10-6-7-14(12-28)19-23-18(25-27(19)5)13-8-9-16-15(11-13)17(22)24-26(16)4/h8-9,11,14H,6-7,10,12H2,1-5H3/t14-/m1/s1. The minimum absolute atomic E-state index is 0.131. The number of benzene rings is 1. The van der Waals surface area contributed by atoms with E-state index in [4.69, 9.17) is 9.72 Å². The van der Waals surface area contributed by atoms with E-state index in [0.717, 1.165) is 39.7 Å². The SMILES string of the molecule is Cn1nc(-c2ccc3c(c2)c(Br)nn3C)nc1[C@@H]1CCCN(C(=O)OC(C)(C)C)C1. The summed E-state index contributed by atoms with van der Waals surface area (Å²) in [6, 6.07) is 6.10. The maximum atomic E-state index is 12.5. The van der Waals surface area contributed by atoms with E-state index < -0.39 is 5.60 Å². The van der Waals surface area contributed by atoms with Crippen molar-refractivity contribution in [2.45, 2.75) is 45.1 Å². The molecule has 4 rings (SSSR count). The van der Waals surface area contributed by atoms with Crippen molar-refractivity contribution >= 4 is 32.9 Å². The third kappa shape index (κ3) is 4.08. The fraction of sp³-hybridized carbons (Fsp3) is 0.524. The molecule has 3 heterocycles. The molecule has 1 aliphatic rings. The monoisotopic (exact) mass is 474 g/mol. The summed E-state index contributed by atoms with van der Waals surface area (Å²) >= 11 is 3.52. The molecular formula is C21H27BrN6O2. The number of amides is 1. The normalized spacial score (nSPS) is 17.5. The van der Waals surface area contributed by atoms with Crippen molar-refractivity contribution in [2.75, 3.05) is 13.1 Å². The van der Waals surface area contributed by atoms with Crippen LogP contribution in [0.5, 0.6) is 0 Å². The lowest BCUT2D eigenvalue weighted by Crippen LogP contribution is -2.42. The van der Waals surface area contributed by atoms with E-state index in [1.54, 1.807) is 4.90 Å². The van der Waals surface area contributed by atoms with Gasteiger partial charge in [-0.1, -0.05) is 0 Å². The van der Waals surface area contributed by atoms with Gasteiger partial charge in [-0.05, 0) is 67.7 Å². The molecule has 9 heteroatoms. The Morgan fingerprint density at radius 3 is 2.70 bits per heavy atom. The van der Waals surface area contributed by atoms with Crippen LogP contribution in [0.15, 0.2) is 22.8 Å². The summed E-state index contributed by atoms with van der Waals surface area (Å²) in [6.07, 6.45) is 1.63. The summed E-state index contributed by atoms with van der Waals surface area (Å²) < 4.78 is 10.0. The molecular weight excluding hydrogens is 448 g/mol. The topological polar surface area (TPSA) is 78.1 Å². The summed E-state index contributed by atoms with van der Waals surface area (Å²) in [5.41, 5.74) is 1.49. The highest BCUT2D eigenvalue weighted by Crippen LogP contribution is 2.30. The smallest absolute Gasteiger partial charge is 0.410 e. The number of fused-ring (bicyclic) bond motifs is 1. The molecule has 0 saturated carbocycles. The molecule has 160 valence electrons. The van der Waals surface area contributed by atoms with Gasteiger partial charge in [0.05, 0.1) is 5.52 Å². The van der Waals surface area contributed by atoms with Gasteiger partial charge in [0, 0.05) is 44.1 Å². The molecule has 0 aliphatic carbocycles. The zero-order valence-electron chi connectivity index (χ0n) is 18.0. The summed E-state index contributed by atoms with van der Waals surface area (Å²) in [4.78, 5) is 19.1. The van der Waals surface area contributed by atoms with Gasteiger partial charge in [-0.25, -0.2) is 9.78 Å². The van der Waals surface area contributed by atoms with E-state index in [9.17, 15) is 4.79 Å². The fourth-order valence-electron chi connectivity index (χ4n) is 3.92. The molecule has 30 heavy (non-hydrogen) atoms. The summed E-state index contributed by atoms with van der Waals surface area (Å²) in [5, 5.41) is 10.1. The largest absolute Gasteiger partial charge is 0.444 e. The first-order valence-corrected chi connectivity index (χ1v) is 10.9. The second-order valence-corrected chi connectivity index (χ2v) is 9.58. The molecule has 1 atom stereocenters. The highest BCUT2D eigenvalue weighted by Gasteiger charge is 2.31. The van der Waals surface area contributed by atoms with Crippen molar-refractivity contribution < 1.29 is 9.53 Å². The zero-order valence-corrected chi connectivity index (χ0v) is 19.6. The average Bonchev–Trinajstić information content (AvgIpc) is 3.20. The minimum Gasteiger partial charge on any atom is -0.444 e. The first-order chi connectivity index (χ1) is 14.1. The molecule has 0 N–H and O–H groups in total. The van der Waals surface area contributed by atoms with Crippen LogP contribution in [0, 0.1) is 0 Å². The van der Waals surface area contributed by atoms with Crippen LogP contribution in [0.25, 0.3) is 22.3 Å². The van der Waals surface area contributed by atoms with Gasteiger partial charge in [-0.2, -0.15) is 10.2 Å². The Hall–Kier alpha value is -2.42. The Morgan fingerprint density at radius 2 is 1.97 bits per heavy atom. The summed E-state index contributed by atoms with van der Waals surface area (Å²) in [6.45, 7) is 6.96. The van der Waals surface area contributed by atoms with Crippen molar-refractivity contribution in [3.8, 4) is 11.4 Å². The van der Waals surface area contributed by atoms with E-state index >= 15 is 0 Å². The van der Waals surface area contributed by atoms with Gasteiger partial charge >= 0.3 is 6.09 Å². The Bertz CT molecular complexity index is 1100. The first-order valence-electron chi connectivity index (χ1n) is 10.1. The third-order valence-electron chi connectivity index (χ3n) is 5.30. The van der Waals surface area contributed by atoms with Gasteiger partial charge in [0.15, 0.2) is 5.82 Å². The van der Waals surface area contributed by atoms with Crippen molar-refractivity contribution in [1.82, 2.24) is 29.4 Å². The number of ether oxygens (including phenoxy) is 1. The van der Waals surface area contributed by atoms with Gasteiger partial charge in [-0.3, -0.25) is 9.36 Å². The first kappa shape index (κ1) is 20.8. The Balaban J connectivity index is 1.58. The average molecular weight is 475 g/mol. The number of likely N-dealkylation sites (tertiary alicyclic amines) is 1. The molecule has 0 unspecified atom stereocenters. The maximum absolute atomic E-state index is 12.5. The summed E-state index contributed by atoms with van der Waals surface area (Å²) in [7, 11) is 3.83. The number of nitrogens with zero attached hydrogens (tertiary/aromatic N) is 6. The number of aromatic nitrogens is 5. The van der Waals surface area contributed by atoms with Crippen LogP contribution in [-0.4, -0.2) is 54.2 Å². The van der Waals surface area contributed by atoms with Crippen molar-refractivity contribution in [3.05, 3.63) is 28.6 Å². The lowest BCUT2D eigenvalue weighted by Gasteiger charge is -2.33. The van der Waals surface area contributed by atoms with Gasteiger partial charge in [-0.15, -0.1) is 0 Å². The Kier molecular flexibility index (Phi) is 5.34. The zero-order chi connectivity index (χ0) is 21.6. The van der Waals surface area contributed by atoms with Crippen LogP contribution in [0.1, 0.15) is 45.4 Å². The predicted molar refractivity (Wildman–Crippen MR) is 118 cm³/mol. The second-order valence-electron chi connectivity index (χ2n) is 8.83. The number of carbonyl (C=O) groups excluding carboxylic acids is 1. The van der Waals surface area contributed by atoms with Crippen LogP contribution in [0.3, 0.4) is 0 Å². The van der Waals surface area contributed by atoms with Crippen LogP contribution < -0.4 is 0 Å². The lowest BCUT2D eigenvalue weighted by atomic mass is 9.97. The van der Waals surface area contributed by atoms with Gasteiger partial charge in [0.2, 0.25) is 0 Å². The van der Waals surface area contributed by atoms with Crippen LogP contribution in [0.4, 0.5) is 4.79 Å². The number of hydrogen-bond acceptors (Lipinski definition) is 5. The van der Waals surface area contributed by atoms with Crippen LogP contribution in [-0.2, 0) is 18.8 Å². The minimum atomic E-state index is -0.499. The van der Waals surface area contributed by atoms with Crippen molar-refractivity contribution in [2.24, 2.45) is 14.1 Å². The van der Waals surface area contributed by atoms with E-state index in [2.05, 4.69) is 32.2 Å². The molecule has 3 aromatic rings. The number of piperidine rings is 1. The van der Waals surface area contributed by atoms with Crippen molar-refractivity contribution in [1.29, 1.82) is 0 Å². The summed E-state index contributed by atoms with van der Waals surface area (Å²) in [5.74, 6) is 1.70. The van der Waals surface area contributed by atoms with E-state index in [1.165, 1.54) is 0 Å². The molecule has 1 amide bonds. The highest BCUT2D eigenvalue weighted by molar-refractivity contribution is 9.10. The van der Waals surface area contributed by atoms with Crippen LogP contribution in [0.2, 0.25) is 0 Å². The van der Waals surface area contributed by atoms with Crippen molar-refractivity contribution in [3.63, 3.8) is 0 Å². The molecule has 8 nitrogen and oxygen atoms in total. The molecule has 1 fully saturated rings. The Labute approximate surface area is 184 Å². The maximum Gasteiger partial charge on any atom is 0.410 e. The molecule has 1 aliphatic heterocycles. The molecule has 0 bridgehead atoms. The van der Waals surface area contributed by atoms with Gasteiger partial charge in [0.1, 0.15) is 16.0 Å². The number of rotatable bonds is 2. The lowest BCUT2D eigenvalue weighted by molar-refractivity contribution is 0.0195. The second kappa shape index (κ2) is 7.68. The van der Waals surface area contributed by atoms with Gasteiger partial charge < -0.3 is 9.64 Å². The molecule has 0 radical (unpaired) electrons. The fourth-order valence-corrected chi connectivity index (χ4v) is 4.47. The van der Waals surface area contributed by atoms with E-state index in [1.807, 2.05) is 56.4 Å². The van der Waals surface area contributed by atoms with Crippen LogP contribution >= 0.6 is 15.9 Å². The Morgan fingerprint density at radius 1 is 1.20 bits per heavy atom. The molecule has 1 aromatic carbocycles. The molecule has 1 saturated heterocycles. The van der Waals surface area contributed by atoms with E-state index in [-0.39, 0.29) is 12.0 Å². The number of halogens is 1. The molecule has 0 spiro atoms. The quantitative estimate of drug-likeness (QED) is 0.554. The number of hydrogen-bond donors (Lipinski definition) is 0. The molecule has 2 aromatic heterocycles. The van der Waals surface area contributed by atoms with E-state index in [0.29, 0.717) is 18.9 Å².